The maximum absolute atomic E-state index is 12.1. The lowest BCUT2D eigenvalue weighted by molar-refractivity contribution is -0.118. The average molecular weight is 390 g/mol. The van der Waals surface area contributed by atoms with E-state index in [1.165, 1.54) is 6.33 Å². The molecule has 0 saturated heterocycles. The van der Waals surface area contributed by atoms with Gasteiger partial charge in [0.1, 0.15) is 25.0 Å². The molecule has 1 aromatic carbocycles. The molecule has 2 aromatic rings. The number of hydrogen-bond donors (Lipinski definition) is 2. The van der Waals surface area contributed by atoms with E-state index in [0.717, 1.165) is 6.42 Å². The molecule has 1 heterocycles. The van der Waals surface area contributed by atoms with Gasteiger partial charge in [-0.2, -0.15) is 5.10 Å². The fourth-order valence-corrected chi connectivity index (χ4v) is 2.01. The van der Waals surface area contributed by atoms with E-state index in [0.29, 0.717) is 24.6 Å². The van der Waals surface area contributed by atoms with Gasteiger partial charge in [-0.05, 0) is 18.1 Å². The maximum Gasteiger partial charge on any atom is 0.241 e. The molecular formula is C16H25Cl2N5O2. The summed E-state index contributed by atoms with van der Waals surface area (Å²) in [5.74, 6) is 0.635. The summed E-state index contributed by atoms with van der Waals surface area (Å²) in [4.78, 5) is 16.0. The molecule has 0 fully saturated rings. The largest absolute Gasteiger partial charge is 0.492 e. The van der Waals surface area contributed by atoms with Crippen LogP contribution < -0.4 is 15.8 Å². The van der Waals surface area contributed by atoms with Gasteiger partial charge in [-0.25, -0.2) is 9.67 Å². The third-order valence-corrected chi connectivity index (χ3v) is 3.72. The van der Waals surface area contributed by atoms with E-state index >= 15 is 0 Å². The normalized spacial score (nSPS) is 12.3. The highest BCUT2D eigenvalue weighted by Crippen LogP contribution is 2.18. The second kappa shape index (κ2) is 11.7. The molecule has 25 heavy (non-hydrogen) atoms. The SMILES string of the molecule is CCC(C)C(N)C(=O)Nc1cccc(OCCn2cncn2)c1.Cl.Cl. The van der Waals surface area contributed by atoms with E-state index < -0.39 is 6.04 Å². The summed E-state index contributed by atoms with van der Waals surface area (Å²) < 4.78 is 7.35. The third kappa shape index (κ3) is 7.29. The second-order valence-corrected chi connectivity index (χ2v) is 5.44. The fraction of sp³-hybridized carbons (Fsp3) is 0.438. The van der Waals surface area contributed by atoms with Gasteiger partial charge in [0, 0.05) is 11.8 Å². The van der Waals surface area contributed by atoms with E-state index in [2.05, 4.69) is 15.4 Å². The Morgan fingerprint density at radius 2 is 2.16 bits per heavy atom. The van der Waals surface area contributed by atoms with Gasteiger partial charge in [0.25, 0.3) is 0 Å². The van der Waals surface area contributed by atoms with Gasteiger partial charge in [0.05, 0.1) is 12.6 Å². The first-order valence-electron chi connectivity index (χ1n) is 7.72. The highest BCUT2D eigenvalue weighted by Gasteiger charge is 2.19. The number of rotatable bonds is 8. The summed E-state index contributed by atoms with van der Waals surface area (Å²) in [6, 6.07) is 6.74. The third-order valence-electron chi connectivity index (χ3n) is 3.72. The summed E-state index contributed by atoms with van der Waals surface area (Å²) in [6.07, 6.45) is 3.98. The maximum atomic E-state index is 12.1. The van der Waals surface area contributed by atoms with Crippen LogP contribution in [0.15, 0.2) is 36.9 Å². The first-order valence-corrected chi connectivity index (χ1v) is 7.72. The van der Waals surface area contributed by atoms with E-state index in [-0.39, 0.29) is 36.6 Å². The van der Waals surface area contributed by atoms with Crippen LogP contribution in [0.5, 0.6) is 5.75 Å². The van der Waals surface area contributed by atoms with E-state index in [1.807, 2.05) is 32.0 Å². The zero-order valence-electron chi connectivity index (χ0n) is 14.3. The average Bonchev–Trinajstić information content (AvgIpc) is 3.07. The van der Waals surface area contributed by atoms with E-state index in [4.69, 9.17) is 10.5 Å². The Balaban J connectivity index is 0.00000288. The quantitative estimate of drug-likeness (QED) is 0.722. The summed E-state index contributed by atoms with van der Waals surface area (Å²) in [7, 11) is 0. The highest BCUT2D eigenvalue weighted by atomic mass is 35.5. The number of nitrogens with two attached hydrogens (primary N) is 1. The molecular weight excluding hydrogens is 365 g/mol. The molecule has 0 bridgehead atoms. The number of aromatic nitrogens is 3. The predicted octanol–water partition coefficient (Wildman–Crippen LogP) is 2.51. The number of nitrogens with zero attached hydrogens (tertiary/aromatic N) is 3. The molecule has 0 radical (unpaired) electrons. The number of carbonyl (C=O) groups excluding carboxylic acids is 1. The molecule has 0 spiro atoms. The Hall–Kier alpha value is -1.83. The molecule has 0 aliphatic rings. The number of halogens is 2. The lowest BCUT2D eigenvalue weighted by Gasteiger charge is -2.18. The molecule has 7 nitrogen and oxygen atoms in total. The number of amides is 1. The van der Waals surface area contributed by atoms with Crippen LogP contribution in [-0.2, 0) is 11.3 Å². The molecule has 2 atom stereocenters. The molecule has 2 rings (SSSR count). The van der Waals surface area contributed by atoms with Crippen molar-refractivity contribution in [1.29, 1.82) is 0 Å². The van der Waals surface area contributed by atoms with Gasteiger partial charge in [-0.15, -0.1) is 24.8 Å². The molecule has 0 aliphatic heterocycles. The Morgan fingerprint density at radius 3 is 2.80 bits per heavy atom. The van der Waals surface area contributed by atoms with Gasteiger partial charge >= 0.3 is 0 Å². The fourth-order valence-electron chi connectivity index (χ4n) is 2.01. The van der Waals surface area contributed by atoms with Crippen molar-refractivity contribution in [2.24, 2.45) is 11.7 Å². The van der Waals surface area contributed by atoms with Gasteiger partial charge in [0.15, 0.2) is 0 Å². The van der Waals surface area contributed by atoms with Crippen LogP contribution in [0.1, 0.15) is 20.3 Å². The monoisotopic (exact) mass is 389 g/mol. The summed E-state index contributed by atoms with van der Waals surface area (Å²) in [5, 5.41) is 6.83. The van der Waals surface area contributed by atoms with Gasteiger partial charge in [-0.1, -0.05) is 26.3 Å². The Kier molecular flexibility index (Phi) is 10.8. The molecule has 140 valence electrons. The molecule has 9 heteroatoms. The second-order valence-electron chi connectivity index (χ2n) is 5.44. The Bertz CT molecular complexity index is 625. The van der Waals surface area contributed by atoms with Crippen LogP contribution >= 0.6 is 24.8 Å². The molecule has 2 unspecified atom stereocenters. The van der Waals surface area contributed by atoms with Gasteiger partial charge in [-0.3, -0.25) is 4.79 Å². The lowest BCUT2D eigenvalue weighted by atomic mass is 9.99. The number of anilines is 1. The summed E-state index contributed by atoms with van der Waals surface area (Å²) in [6.45, 7) is 5.05. The minimum absolute atomic E-state index is 0. The molecule has 1 amide bonds. The van der Waals surface area contributed by atoms with Crippen LogP contribution in [0.25, 0.3) is 0 Å². The van der Waals surface area contributed by atoms with Crippen LogP contribution in [0.4, 0.5) is 5.69 Å². The predicted molar refractivity (Wildman–Crippen MR) is 103 cm³/mol. The van der Waals surface area contributed by atoms with Gasteiger partial charge in [0.2, 0.25) is 5.91 Å². The standard InChI is InChI=1S/C16H23N5O2.2ClH/c1-3-12(2)15(17)16(22)20-13-5-4-6-14(9-13)23-8-7-21-11-18-10-19-21;;/h4-6,9-12,15H,3,7-8,17H2,1-2H3,(H,20,22);2*1H. The topological polar surface area (TPSA) is 95.1 Å². The van der Waals surface area contributed by atoms with Crippen LogP contribution in [0, 0.1) is 5.92 Å². The van der Waals surface area contributed by atoms with Crippen molar-refractivity contribution in [3.05, 3.63) is 36.9 Å². The van der Waals surface area contributed by atoms with Crippen LogP contribution in [0.3, 0.4) is 0 Å². The lowest BCUT2D eigenvalue weighted by Crippen LogP contribution is -2.40. The summed E-state index contributed by atoms with van der Waals surface area (Å²) in [5.41, 5.74) is 6.61. The van der Waals surface area contributed by atoms with E-state index in [9.17, 15) is 4.79 Å². The number of hydrogen-bond acceptors (Lipinski definition) is 5. The first-order chi connectivity index (χ1) is 11.1. The van der Waals surface area contributed by atoms with Crippen molar-refractivity contribution in [2.75, 3.05) is 11.9 Å². The number of carbonyl (C=O) groups is 1. The van der Waals surface area contributed by atoms with Gasteiger partial charge < -0.3 is 15.8 Å². The number of nitrogens with one attached hydrogen (secondary N) is 1. The number of benzene rings is 1. The molecule has 0 aliphatic carbocycles. The van der Waals surface area contributed by atoms with Crippen LogP contribution in [0.2, 0.25) is 0 Å². The summed E-state index contributed by atoms with van der Waals surface area (Å²) >= 11 is 0. The first kappa shape index (κ1) is 23.2. The van der Waals surface area contributed by atoms with Crippen molar-refractivity contribution in [3.8, 4) is 5.75 Å². The van der Waals surface area contributed by atoms with Crippen molar-refractivity contribution in [1.82, 2.24) is 14.8 Å². The van der Waals surface area contributed by atoms with E-state index in [1.54, 1.807) is 17.1 Å². The highest BCUT2D eigenvalue weighted by molar-refractivity contribution is 5.95. The zero-order chi connectivity index (χ0) is 16.7. The van der Waals surface area contributed by atoms with Crippen molar-refractivity contribution >= 4 is 36.4 Å². The minimum Gasteiger partial charge on any atom is -0.492 e. The zero-order valence-corrected chi connectivity index (χ0v) is 15.9. The molecule has 3 N–H and O–H groups in total. The van der Waals surface area contributed by atoms with Crippen molar-refractivity contribution < 1.29 is 9.53 Å². The Morgan fingerprint density at radius 1 is 1.40 bits per heavy atom. The number of ether oxygens (including phenoxy) is 1. The Labute approximate surface area is 160 Å². The molecule has 1 aromatic heterocycles. The molecule has 0 saturated carbocycles. The van der Waals surface area contributed by atoms with Crippen molar-refractivity contribution in [2.45, 2.75) is 32.9 Å². The van der Waals surface area contributed by atoms with Crippen molar-refractivity contribution in [3.63, 3.8) is 0 Å². The smallest absolute Gasteiger partial charge is 0.241 e. The minimum atomic E-state index is -0.517. The van der Waals surface area contributed by atoms with Crippen LogP contribution in [-0.4, -0.2) is 33.3 Å².